The Morgan fingerprint density at radius 2 is 1.50 bits per heavy atom. The lowest BCUT2D eigenvalue weighted by atomic mass is 9.68. The number of carbonyl (C=O) groups is 1. The molecule has 0 atom stereocenters. The van der Waals surface area contributed by atoms with Crippen molar-refractivity contribution in [2.24, 2.45) is 0 Å². The quantitative estimate of drug-likeness (QED) is 0.572. The zero-order valence-electron chi connectivity index (χ0n) is 16.2. The molecule has 0 amide bonds. The van der Waals surface area contributed by atoms with Crippen LogP contribution in [0.2, 0.25) is 0 Å². The van der Waals surface area contributed by atoms with Crippen LogP contribution >= 0.6 is 0 Å². The van der Waals surface area contributed by atoms with Crippen molar-refractivity contribution >= 4 is 5.97 Å². The van der Waals surface area contributed by atoms with Gasteiger partial charge in [-0.2, -0.15) is 0 Å². The van der Waals surface area contributed by atoms with E-state index in [-0.39, 0.29) is 18.0 Å². The third-order valence-electron chi connectivity index (χ3n) is 4.89. The fraction of sp³-hybridized carbons (Fsp3) is 0.667. The monoisotopic (exact) mass is 335 g/mol. The first-order valence-electron chi connectivity index (χ1n) is 9.37. The van der Waals surface area contributed by atoms with Crippen LogP contribution in [-0.2, 0) is 16.6 Å². The van der Waals surface area contributed by atoms with E-state index in [1.165, 1.54) is 11.1 Å². The summed E-state index contributed by atoms with van der Waals surface area (Å²) in [6.07, 6.45) is 9.72. The van der Waals surface area contributed by atoms with Gasteiger partial charge in [0.15, 0.2) is 0 Å². The van der Waals surface area contributed by atoms with Crippen LogP contribution in [-0.4, -0.2) is 5.97 Å². The number of aryl methyl sites for hydroxylation is 1. The average molecular weight is 336 g/mol. The molecule has 3 heteroatoms. The fourth-order valence-electron chi connectivity index (χ4n) is 3.60. The van der Waals surface area contributed by atoms with E-state index < -0.39 is 5.97 Å². The third-order valence-corrected chi connectivity index (χ3v) is 4.89. The molecule has 0 fully saturated rings. The first-order valence-corrected chi connectivity index (χ1v) is 9.37. The van der Waals surface area contributed by atoms with Crippen LogP contribution in [0.3, 0.4) is 0 Å². The highest BCUT2D eigenvalue weighted by atomic mass is 16.4. The summed E-state index contributed by atoms with van der Waals surface area (Å²) in [7, 11) is 0. The van der Waals surface area contributed by atoms with Crippen LogP contribution in [0.5, 0.6) is 0 Å². The Bertz CT molecular complexity index is 463. The van der Waals surface area contributed by atoms with Crippen LogP contribution in [0, 0.1) is 0 Å². The van der Waals surface area contributed by atoms with Crippen molar-refractivity contribution in [2.45, 2.75) is 90.4 Å². The highest BCUT2D eigenvalue weighted by molar-refractivity contribution is 5.67. The second-order valence-corrected chi connectivity index (χ2v) is 6.80. The van der Waals surface area contributed by atoms with Gasteiger partial charge in [0, 0.05) is 11.4 Å². The van der Waals surface area contributed by atoms with E-state index in [4.69, 9.17) is 0 Å². The topological polar surface area (TPSA) is 76.6 Å². The molecule has 0 spiro atoms. The largest absolute Gasteiger partial charge is 0.550 e. The number of quaternary nitrogens is 1. The molecular formula is C21H37NO2. The molecule has 0 aliphatic rings. The van der Waals surface area contributed by atoms with Gasteiger partial charge in [-0.25, -0.2) is 0 Å². The molecule has 1 aromatic rings. The molecule has 4 N–H and O–H groups in total. The highest BCUT2D eigenvalue weighted by Gasteiger charge is 2.32. The minimum absolute atomic E-state index is 0. The van der Waals surface area contributed by atoms with Crippen LogP contribution < -0.4 is 11.3 Å². The molecule has 0 saturated carbocycles. The number of carboxylic acids is 1. The maximum absolute atomic E-state index is 11.5. The number of carboxylic acid groups (broad SMARTS) is 1. The summed E-state index contributed by atoms with van der Waals surface area (Å²) in [5.74, 6) is -0.914. The Morgan fingerprint density at radius 3 is 2.00 bits per heavy atom. The van der Waals surface area contributed by atoms with Gasteiger partial charge in [0.2, 0.25) is 0 Å². The number of hydrogen-bond donors (Lipinski definition) is 1. The molecule has 0 bridgehead atoms. The number of benzene rings is 1. The Labute approximate surface area is 148 Å². The Kier molecular flexibility index (Phi) is 11.4. The maximum Gasteiger partial charge on any atom is 0.0423 e. The molecule has 3 nitrogen and oxygen atoms in total. The molecule has 1 aromatic carbocycles. The van der Waals surface area contributed by atoms with Crippen LogP contribution in [0.4, 0.5) is 0 Å². The fourth-order valence-corrected chi connectivity index (χ4v) is 3.60. The summed E-state index contributed by atoms with van der Waals surface area (Å²) in [5.41, 5.74) is 2.34. The van der Waals surface area contributed by atoms with Gasteiger partial charge in [-0.3, -0.25) is 0 Å². The standard InChI is InChI=1S/C21H34O2.H3N/c1-4-7-12-18-13-10-11-14-19(18)21(15-8-5-2,16-9-6-3)17-20(22)23;/h10-11,13-14H,4-9,12,15-17H2,1-3H3,(H,22,23);1H3. The Morgan fingerprint density at radius 1 is 0.958 bits per heavy atom. The minimum Gasteiger partial charge on any atom is -0.550 e. The SMILES string of the molecule is CCCCc1ccccc1C(CCCC)(CCCC)CC(=O)[O-].[NH4+]. The van der Waals surface area contributed by atoms with E-state index in [2.05, 4.69) is 45.0 Å². The summed E-state index contributed by atoms with van der Waals surface area (Å²) in [6, 6.07) is 8.50. The van der Waals surface area contributed by atoms with Gasteiger partial charge in [-0.15, -0.1) is 0 Å². The lowest BCUT2D eigenvalue weighted by molar-refractivity contribution is -0.307. The third kappa shape index (κ3) is 6.64. The second-order valence-electron chi connectivity index (χ2n) is 6.80. The number of carbonyl (C=O) groups excluding carboxylic acids is 1. The van der Waals surface area contributed by atoms with Gasteiger partial charge in [-0.1, -0.05) is 77.1 Å². The van der Waals surface area contributed by atoms with E-state index in [0.29, 0.717) is 0 Å². The molecular weight excluding hydrogens is 298 g/mol. The Balaban J connectivity index is 0.00000529. The van der Waals surface area contributed by atoms with Crippen molar-refractivity contribution in [3.8, 4) is 0 Å². The van der Waals surface area contributed by atoms with Gasteiger partial charge < -0.3 is 16.1 Å². The summed E-state index contributed by atoms with van der Waals surface area (Å²) in [5, 5.41) is 11.5. The lowest BCUT2D eigenvalue weighted by Gasteiger charge is -2.37. The summed E-state index contributed by atoms with van der Waals surface area (Å²) in [6.45, 7) is 6.55. The van der Waals surface area contributed by atoms with Crippen molar-refractivity contribution in [3.05, 3.63) is 35.4 Å². The normalized spacial score (nSPS) is 11.1. The molecule has 0 aromatic heterocycles. The number of hydrogen-bond acceptors (Lipinski definition) is 2. The van der Waals surface area contributed by atoms with E-state index >= 15 is 0 Å². The van der Waals surface area contributed by atoms with Gasteiger partial charge in [0.1, 0.15) is 0 Å². The number of unbranched alkanes of at least 4 members (excludes halogenated alkanes) is 3. The van der Waals surface area contributed by atoms with Gasteiger partial charge >= 0.3 is 0 Å². The van der Waals surface area contributed by atoms with E-state index in [9.17, 15) is 9.90 Å². The van der Waals surface area contributed by atoms with E-state index in [1.54, 1.807) is 0 Å². The number of rotatable bonds is 12. The zero-order valence-corrected chi connectivity index (χ0v) is 16.2. The smallest absolute Gasteiger partial charge is 0.0423 e. The maximum atomic E-state index is 11.5. The lowest BCUT2D eigenvalue weighted by Crippen LogP contribution is -2.36. The molecule has 1 rings (SSSR count). The van der Waals surface area contributed by atoms with Gasteiger partial charge in [-0.05, 0) is 43.2 Å². The predicted octanol–water partition coefficient (Wildman–Crippen LogP) is 5.16. The Hall–Kier alpha value is -1.35. The molecule has 0 radical (unpaired) electrons. The average Bonchev–Trinajstić information content (AvgIpc) is 2.55. The summed E-state index contributed by atoms with van der Waals surface area (Å²) >= 11 is 0. The second kappa shape index (κ2) is 12.1. The van der Waals surface area contributed by atoms with Crippen LogP contribution in [0.15, 0.2) is 24.3 Å². The minimum atomic E-state index is -0.914. The zero-order chi connectivity index (χ0) is 17.1. The van der Waals surface area contributed by atoms with Gasteiger partial charge in [0.05, 0.1) is 0 Å². The van der Waals surface area contributed by atoms with Crippen molar-refractivity contribution < 1.29 is 9.90 Å². The molecule has 24 heavy (non-hydrogen) atoms. The van der Waals surface area contributed by atoms with Crippen molar-refractivity contribution in [1.29, 1.82) is 0 Å². The van der Waals surface area contributed by atoms with Crippen molar-refractivity contribution in [1.82, 2.24) is 6.15 Å². The molecule has 138 valence electrons. The van der Waals surface area contributed by atoms with Gasteiger partial charge in [0.25, 0.3) is 0 Å². The van der Waals surface area contributed by atoms with Crippen molar-refractivity contribution in [2.75, 3.05) is 0 Å². The molecule has 0 aliphatic carbocycles. The van der Waals surface area contributed by atoms with E-state index in [1.807, 2.05) is 0 Å². The molecule has 0 aliphatic heterocycles. The first-order chi connectivity index (χ1) is 11.1. The van der Waals surface area contributed by atoms with Crippen molar-refractivity contribution in [3.63, 3.8) is 0 Å². The molecule has 0 unspecified atom stereocenters. The number of aliphatic carboxylic acids is 1. The highest BCUT2D eigenvalue weighted by Crippen LogP contribution is 2.40. The molecule has 0 saturated heterocycles. The van der Waals surface area contributed by atoms with E-state index in [0.717, 1.165) is 57.8 Å². The molecule has 0 heterocycles. The summed E-state index contributed by atoms with van der Waals surface area (Å²) < 4.78 is 0. The van der Waals surface area contributed by atoms with Crippen LogP contribution in [0.25, 0.3) is 0 Å². The first kappa shape index (κ1) is 22.6. The summed E-state index contributed by atoms with van der Waals surface area (Å²) in [4.78, 5) is 11.5. The predicted molar refractivity (Wildman–Crippen MR) is 101 cm³/mol. The van der Waals surface area contributed by atoms with Crippen LogP contribution in [0.1, 0.15) is 89.7 Å².